The van der Waals surface area contributed by atoms with E-state index in [1.54, 1.807) is 6.20 Å². The van der Waals surface area contributed by atoms with E-state index in [0.717, 1.165) is 17.7 Å². The molecule has 3 N–H and O–H groups in total. The smallest absolute Gasteiger partial charge is 0.213 e. The Morgan fingerprint density at radius 2 is 1.92 bits per heavy atom. The molecule has 1 aromatic heterocycles. The van der Waals surface area contributed by atoms with Gasteiger partial charge in [-0.25, -0.2) is 9.98 Å². The lowest BCUT2D eigenvalue weighted by atomic mass is 10.1. The zero-order valence-electron chi connectivity index (χ0n) is 14.4. The van der Waals surface area contributed by atoms with Crippen molar-refractivity contribution in [1.29, 1.82) is 0 Å². The van der Waals surface area contributed by atoms with Gasteiger partial charge in [-0.15, -0.1) is 24.0 Å². The van der Waals surface area contributed by atoms with E-state index in [9.17, 15) is 0 Å². The molecule has 1 aromatic carbocycles. The molecule has 130 valence electrons. The summed E-state index contributed by atoms with van der Waals surface area (Å²) >= 11 is 0. The Bertz CT molecular complexity index is 651. The second-order valence-electron chi connectivity index (χ2n) is 5.56. The predicted octanol–water partition coefficient (Wildman–Crippen LogP) is 4.03. The van der Waals surface area contributed by atoms with Crippen LogP contribution in [0.3, 0.4) is 0 Å². The first-order valence-corrected chi connectivity index (χ1v) is 7.80. The zero-order chi connectivity index (χ0) is 16.7. The molecule has 0 fully saturated rings. The van der Waals surface area contributed by atoms with Crippen molar-refractivity contribution in [3.63, 3.8) is 0 Å². The summed E-state index contributed by atoms with van der Waals surface area (Å²) in [6.45, 7) is 7.33. The Balaban J connectivity index is 0.00000288. The molecule has 0 atom stereocenters. The number of ether oxygens (including phenoxy) is 1. The predicted molar refractivity (Wildman–Crippen MR) is 110 cm³/mol. The quantitative estimate of drug-likeness (QED) is 0.404. The number of aliphatic imine (C=N–C) groups is 1. The van der Waals surface area contributed by atoms with Gasteiger partial charge in [-0.2, -0.15) is 0 Å². The van der Waals surface area contributed by atoms with Crippen molar-refractivity contribution in [1.82, 2.24) is 4.98 Å². The largest absolute Gasteiger partial charge is 0.478 e. The molecule has 2 aromatic rings. The minimum absolute atomic E-state index is 0. The van der Waals surface area contributed by atoms with Gasteiger partial charge in [-0.05, 0) is 49.1 Å². The number of halogens is 1. The van der Waals surface area contributed by atoms with Crippen LogP contribution in [0.15, 0.2) is 41.5 Å². The summed E-state index contributed by atoms with van der Waals surface area (Å²) in [6.07, 6.45) is 2.73. The van der Waals surface area contributed by atoms with Crippen molar-refractivity contribution in [3.05, 3.63) is 53.2 Å². The van der Waals surface area contributed by atoms with E-state index in [1.165, 1.54) is 11.1 Å². The van der Waals surface area contributed by atoms with Crippen LogP contribution in [-0.4, -0.2) is 17.6 Å². The molecule has 2 rings (SSSR count). The van der Waals surface area contributed by atoms with Crippen LogP contribution in [0.1, 0.15) is 30.0 Å². The van der Waals surface area contributed by atoms with Crippen molar-refractivity contribution in [2.45, 2.75) is 33.7 Å². The first-order valence-electron chi connectivity index (χ1n) is 7.80. The lowest BCUT2D eigenvalue weighted by Gasteiger charge is -2.08. The van der Waals surface area contributed by atoms with Crippen LogP contribution in [0, 0.1) is 13.8 Å². The zero-order valence-corrected chi connectivity index (χ0v) is 16.7. The van der Waals surface area contributed by atoms with Crippen LogP contribution in [0.5, 0.6) is 5.88 Å². The molecule has 6 heteroatoms. The third-order valence-electron chi connectivity index (χ3n) is 3.18. The molecule has 0 aliphatic heterocycles. The fraction of sp³-hybridized carbons (Fsp3) is 0.333. The number of benzene rings is 1. The first kappa shape index (κ1) is 20.2. The lowest BCUT2D eigenvalue weighted by molar-refractivity contribution is 0.305. The Morgan fingerprint density at radius 3 is 2.50 bits per heavy atom. The van der Waals surface area contributed by atoms with Crippen LogP contribution in [-0.2, 0) is 6.54 Å². The molecule has 0 spiro atoms. The highest BCUT2D eigenvalue weighted by atomic mass is 127. The van der Waals surface area contributed by atoms with E-state index in [-0.39, 0.29) is 24.0 Å². The van der Waals surface area contributed by atoms with Gasteiger partial charge in [0.1, 0.15) is 0 Å². The SMILES string of the molecule is CCCOc1ccc(CN=C(N)Nc2cc(C)cc(C)c2)cn1.I. The molecule has 0 aliphatic carbocycles. The maximum absolute atomic E-state index is 5.94. The van der Waals surface area contributed by atoms with Gasteiger partial charge in [0.25, 0.3) is 0 Å². The summed E-state index contributed by atoms with van der Waals surface area (Å²) < 4.78 is 5.45. The van der Waals surface area contributed by atoms with Gasteiger partial charge in [0, 0.05) is 18.0 Å². The number of anilines is 1. The van der Waals surface area contributed by atoms with E-state index in [4.69, 9.17) is 10.5 Å². The van der Waals surface area contributed by atoms with E-state index in [0.29, 0.717) is 25.0 Å². The fourth-order valence-corrected chi connectivity index (χ4v) is 2.21. The van der Waals surface area contributed by atoms with Crippen molar-refractivity contribution in [2.75, 3.05) is 11.9 Å². The third-order valence-corrected chi connectivity index (χ3v) is 3.18. The van der Waals surface area contributed by atoms with Gasteiger partial charge in [-0.3, -0.25) is 0 Å². The number of aryl methyl sites for hydroxylation is 2. The standard InChI is InChI=1S/C18H24N4O.HI/c1-4-7-23-17-6-5-15(11-20-17)12-21-18(19)22-16-9-13(2)8-14(3)10-16;/h5-6,8-11H,4,7,12H2,1-3H3,(H3,19,21,22);1H. The topological polar surface area (TPSA) is 72.5 Å². The number of hydrogen-bond donors (Lipinski definition) is 2. The molecule has 0 saturated heterocycles. The first-order chi connectivity index (χ1) is 11.1. The number of nitrogens with zero attached hydrogens (tertiary/aromatic N) is 2. The molecule has 0 radical (unpaired) electrons. The number of rotatable bonds is 6. The highest BCUT2D eigenvalue weighted by molar-refractivity contribution is 14.0. The van der Waals surface area contributed by atoms with Crippen molar-refractivity contribution in [2.24, 2.45) is 10.7 Å². The fourth-order valence-electron chi connectivity index (χ4n) is 2.21. The van der Waals surface area contributed by atoms with Gasteiger partial charge in [0.2, 0.25) is 5.88 Å². The van der Waals surface area contributed by atoms with Crippen LogP contribution < -0.4 is 15.8 Å². The molecule has 24 heavy (non-hydrogen) atoms. The molecule has 5 nitrogen and oxygen atoms in total. The molecular weight excluding hydrogens is 415 g/mol. The van der Waals surface area contributed by atoms with Crippen LogP contribution in [0.4, 0.5) is 5.69 Å². The summed E-state index contributed by atoms with van der Waals surface area (Å²) in [5, 5.41) is 3.12. The molecule has 0 amide bonds. The molecule has 0 saturated carbocycles. The van der Waals surface area contributed by atoms with Gasteiger partial charge in [0.15, 0.2) is 5.96 Å². The second kappa shape index (κ2) is 10.1. The van der Waals surface area contributed by atoms with Crippen molar-refractivity contribution in [3.8, 4) is 5.88 Å². The molecule has 0 aliphatic rings. The summed E-state index contributed by atoms with van der Waals surface area (Å²) in [6, 6.07) is 10.00. The maximum Gasteiger partial charge on any atom is 0.213 e. The summed E-state index contributed by atoms with van der Waals surface area (Å²) in [7, 11) is 0. The van der Waals surface area contributed by atoms with Crippen LogP contribution in [0.2, 0.25) is 0 Å². The third kappa shape index (κ3) is 6.74. The molecule has 0 unspecified atom stereocenters. The van der Waals surface area contributed by atoms with Crippen LogP contribution in [0.25, 0.3) is 0 Å². The average Bonchev–Trinajstić information content (AvgIpc) is 2.51. The summed E-state index contributed by atoms with van der Waals surface area (Å²) in [5.74, 6) is 1.03. The van der Waals surface area contributed by atoms with Gasteiger partial charge in [0.05, 0.1) is 13.2 Å². The minimum Gasteiger partial charge on any atom is -0.478 e. The normalized spacial score (nSPS) is 10.9. The number of pyridine rings is 1. The number of aromatic nitrogens is 1. The maximum atomic E-state index is 5.94. The molecular formula is C18H25IN4O. The van der Waals surface area contributed by atoms with E-state index in [1.807, 2.05) is 24.3 Å². The summed E-state index contributed by atoms with van der Waals surface area (Å²) in [5.41, 5.74) is 10.3. The Morgan fingerprint density at radius 1 is 1.21 bits per heavy atom. The van der Waals surface area contributed by atoms with Crippen LogP contribution >= 0.6 is 24.0 Å². The minimum atomic E-state index is 0. The van der Waals surface area contributed by atoms with E-state index in [2.05, 4.69) is 42.1 Å². The molecule has 0 bridgehead atoms. The highest BCUT2D eigenvalue weighted by Gasteiger charge is 1.99. The number of nitrogens with two attached hydrogens (primary N) is 1. The Kier molecular flexibility index (Phi) is 8.53. The van der Waals surface area contributed by atoms with E-state index < -0.39 is 0 Å². The summed E-state index contributed by atoms with van der Waals surface area (Å²) in [4.78, 5) is 8.59. The Hall–Kier alpha value is -1.83. The highest BCUT2D eigenvalue weighted by Crippen LogP contribution is 2.13. The second-order valence-corrected chi connectivity index (χ2v) is 5.56. The number of nitrogens with one attached hydrogen (secondary N) is 1. The average molecular weight is 440 g/mol. The van der Waals surface area contributed by atoms with Gasteiger partial charge >= 0.3 is 0 Å². The van der Waals surface area contributed by atoms with Crippen molar-refractivity contribution >= 4 is 35.6 Å². The Labute approximate surface area is 160 Å². The monoisotopic (exact) mass is 440 g/mol. The van der Waals surface area contributed by atoms with E-state index >= 15 is 0 Å². The molecule has 1 heterocycles. The van der Waals surface area contributed by atoms with Gasteiger partial charge in [-0.1, -0.05) is 19.1 Å². The lowest BCUT2D eigenvalue weighted by Crippen LogP contribution is -2.22. The number of guanidine groups is 1. The number of hydrogen-bond acceptors (Lipinski definition) is 3. The van der Waals surface area contributed by atoms with Crippen molar-refractivity contribution < 1.29 is 4.74 Å². The van der Waals surface area contributed by atoms with Gasteiger partial charge < -0.3 is 15.8 Å².